The summed E-state index contributed by atoms with van der Waals surface area (Å²) in [4.78, 5) is 11.9. The topological polar surface area (TPSA) is 38.3 Å². The maximum Gasteiger partial charge on any atom is 0.244 e. The quantitative estimate of drug-likeness (QED) is 0.828. The van der Waals surface area contributed by atoms with Crippen molar-refractivity contribution in [2.45, 2.75) is 19.4 Å². The fraction of sp³-hybridized carbons (Fsp3) is 0.211. The van der Waals surface area contributed by atoms with Crippen molar-refractivity contribution in [1.29, 1.82) is 0 Å². The molecule has 1 unspecified atom stereocenters. The molecule has 0 bridgehead atoms. The standard InChI is InChI=1S/C19H20FNO2/c1-14(12-16-4-3-5-18(13-16)23-2)21-19(22)11-8-15-6-9-17(20)10-7-15/h3-11,13-14H,12H2,1-2H3,(H,21,22)/b11-8+. The van der Waals surface area contributed by atoms with Crippen molar-refractivity contribution in [3.8, 4) is 5.75 Å². The highest BCUT2D eigenvalue weighted by Crippen LogP contribution is 2.14. The Hall–Kier alpha value is -2.62. The molecule has 3 nitrogen and oxygen atoms in total. The lowest BCUT2D eigenvalue weighted by molar-refractivity contribution is -0.117. The number of methoxy groups -OCH3 is 1. The van der Waals surface area contributed by atoms with E-state index in [0.717, 1.165) is 16.9 Å². The van der Waals surface area contributed by atoms with Crippen LogP contribution >= 0.6 is 0 Å². The van der Waals surface area contributed by atoms with Crippen molar-refractivity contribution in [2.24, 2.45) is 0 Å². The molecule has 0 saturated carbocycles. The van der Waals surface area contributed by atoms with Crippen LogP contribution < -0.4 is 10.1 Å². The summed E-state index contributed by atoms with van der Waals surface area (Å²) in [5.41, 5.74) is 1.88. The van der Waals surface area contributed by atoms with Crippen LogP contribution in [0.1, 0.15) is 18.1 Å². The molecular formula is C19H20FNO2. The van der Waals surface area contributed by atoms with Crippen molar-refractivity contribution >= 4 is 12.0 Å². The molecule has 0 aromatic heterocycles. The molecule has 2 aromatic carbocycles. The van der Waals surface area contributed by atoms with Crippen LogP contribution in [0.5, 0.6) is 5.75 Å². The number of amides is 1. The summed E-state index contributed by atoms with van der Waals surface area (Å²) in [5.74, 6) is 0.334. The Labute approximate surface area is 135 Å². The highest BCUT2D eigenvalue weighted by atomic mass is 19.1. The second kappa shape index (κ2) is 8.13. The number of hydrogen-bond donors (Lipinski definition) is 1. The zero-order chi connectivity index (χ0) is 16.7. The summed E-state index contributed by atoms with van der Waals surface area (Å²) in [7, 11) is 1.63. The van der Waals surface area contributed by atoms with Crippen LogP contribution in [0.25, 0.3) is 6.08 Å². The van der Waals surface area contributed by atoms with Crippen LogP contribution in [-0.4, -0.2) is 19.1 Å². The Morgan fingerprint density at radius 3 is 2.70 bits per heavy atom. The number of benzene rings is 2. The first-order valence-electron chi connectivity index (χ1n) is 7.44. The van der Waals surface area contributed by atoms with Crippen molar-refractivity contribution in [2.75, 3.05) is 7.11 Å². The van der Waals surface area contributed by atoms with Crippen LogP contribution in [0.2, 0.25) is 0 Å². The van der Waals surface area contributed by atoms with Gasteiger partial charge in [-0.1, -0.05) is 24.3 Å². The maximum absolute atomic E-state index is 12.8. The van der Waals surface area contributed by atoms with Crippen molar-refractivity contribution in [3.63, 3.8) is 0 Å². The van der Waals surface area contributed by atoms with Gasteiger partial charge in [-0.2, -0.15) is 0 Å². The second-order valence-electron chi connectivity index (χ2n) is 5.35. The molecule has 1 N–H and O–H groups in total. The van der Waals surface area contributed by atoms with E-state index in [1.165, 1.54) is 18.2 Å². The Morgan fingerprint density at radius 2 is 2.00 bits per heavy atom. The van der Waals surface area contributed by atoms with E-state index in [-0.39, 0.29) is 17.8 Å². The molecule has 0 heterocycles. The van der Waals surface area contributed by atoms with E-state index in [1.54, 1.807) is 25.3 Å². The first-order chi connectivity index (χ1) is 11.1. The van der Waals surface area contributed by atoms with Gasteiger partial charge in [0.2, 0.25) is 5.91 Å². The monoisotopic (exact) mass is 313 g/mol. The third-order valence-corrected chi connectivity index (χ3v) is 3.36. The Bertz CT molecular complexity index is 680. The zero-order valence-corrected chi connectivity index (χ0v) is 13.3. The largest absolute Gasteiger partial charge is 0.497 e. The molecule has 120 valence electrons. The molecule has 0 aliphatic carbocycles. The second-order valence-corrected chi connectivity index (χ2v) is 5.35. The van der Waals surface area contributed by atoms with Crippen molar-refractivity contribution < 1.29 is 13.9 Å². The summed E-state index contributed by atoms with van der Waals surface area (Å²) < 4.78 is 18.0. The molecule has 0 radical (unpaired) electrons. The van der Waals surface area contributed by atoms with Gasteiger partial charge in [0.15, 0.2) is 0 Å². The van der Waals surface area contributed by atoms with Crippen LogP contribution in [0.4, 0.5) is 4.39 Å². The van der Waals surface area contributed by atoms with Gasteiger partial charge in [0, 0.05) is 12.1 Å². The number of carbonyl (C=O) groups excluding carboxylic acids is 1. The van der Waals surface area contributed by atoms with Gasteiger partial charge in [0.25, 0.3) is 0 Å². The lowest BCUT2D eigenvalue weighted by Crippen LogP contribution is -2.32. The number of halogens is 1. The van der Waals surface area contributed by atoms with Crippen LogP contribution in [0.3, 0.4) is 0 Å². The highest BCUT2D eigenvalue weighted by Gasteiger charge is 2.06. The van der Waals surface area contributed by atoms with E-state index in [9.17, 15) is 9.18 Å². The molecule has 0 spiro atoms. The van der Waals surface area contributed by atoms with Crippen LogP contribution in [0, 0.1) is 5.82 Å². The average molecular weight is 313 g/mol. The fourth-order valence-electron chi connectivity index (χ4n) is 2.24. The number of nitrogens with one attached hydrogen (secondary N) is 1. The van der Waals surface area contributed by atoms with Crippen LogP contribution in [-0.2, 0) is 11.2 Å². The van der Waals surface area contributed by atoms with Gasteiger partial charge < -0.3 is 10.1 Å². The molecule has 0 fully saturated rings. The number of carbonyl (C=O) groups is 1. The smallest absolute Gasteiger partial charge is 0.244 e. The molecular weight excluding hydrogens is 293 g/mol. The molecule has 1 amide bonds. The van der Waals surface area contributed by atoms with E-state index >= 15 is 0 Å². The third kappa shape index (κ3) is 5.58. The average Bonchev–Trinajstić information content (AvgIpc) is 2.54. The summed E-state index contributed by atoms with van der Waals surface area (Å²) in [6.07, 6.45) is 3.83. The minimum Gasteiger partial charge on any atom is -0.497 e. The molecule has 2 rings (SSSR count). The fourth-order valence-corrected chi connectivity index (χ4v) is 2.24. The predicted molar refractivity (Wildman–Crippen MR) is 89.7 cm³/mol. The Balaban J connectivity index is 1.87. The molecule has 2 aromatic rings. The minimum atomic E-state index is -0.293. The third-order valence-electron chi connectivity index (χ3n) is 3.36. The van der Waals surface area contributed by atoms with Crippen molar-refractivity contribution in [1.82, 2.24) is 5.32 Å². The van der Waals surface area contributed by atoms with E-state index < -0.39 is 0 Å². The molecule has 23 heavy (non-hydrogen) atoms. The van der Waals surface area contributed by atoms with Gasteiger partial charge in [0.05, 0.1) is 7.11 Å². The van der Waals surface area contributed by atoms with Gasteiger partial charge in [-0.3, -0.25) is 4.79 Å². The summed E-state index contributed by atoms with van der Waals surface area (Å²) in [6.45, 7) is 1.95. The van der Waals surface area contributed by atoms with Gasteiger partial charge >= 0.3 is 0 Å². The number of hydrogen-bond acceptors (Lipinski definition) is 2. The van der Waals surface area contributed by atoms with Crippen molar-refractivity contribution in [3.05, 3.63) is 71.6 Å². The van der Waals surface area contributed by atoms with E-state index in [4.69, 9.17) is 4.74 Å². The summed E-state index contributed by atoms with van der Waals surface area (Å²) >= 11 is 0. The highest BCUT2D eigenvalue weighted by molar-refractivity contribution is 5.91. The van der Waals surface area contributed by atoms with Gasteiger partial charge in [-0.05, 0) is 54.8 Å². The minimum absolute atomic E-state index is 0.00697. The number of rotatable bonds is 6. The first-order valence-corrected chi connectivity index (χ1v) is 7.44. The predicted octanol–water partition coefficient (Wildman–Crippen LogP) is 3.59. The first kappa shape index (κ1) is 16.7. The van der Waals surface area contributed by atoms with Crippen LogP contribution in [0.15, 0.2) is 54.6 Å². The molecule has 0 aliphatic rings. The Kier molecular flexibility index (Phi) is 5.92. The summed E-state index contributed by atoms with van der Waals surface area (Å²) in [6, 6.07) is 13.7. The molecule has 1 atom stereocenters. The number of ether oxygens (including phenoxy) is 1. The van der Waals surface area contributed by atoms with E-state index in [2.05, 4.69) is 5.32 Å². The van der Waals surface area contributed by atoms with Gasteiger partial charge in [-0.15, -0.1) is 0 Å². The van der Waals surface area contributed by atoms with E-state index in [1.807, 2.05) is 31.2 Å². The summed E-state index contributed by atoms with van der Waals surface area (Å²) in [5, 5.41) is 2.91. The lowest BCUT2D eigenvalue weighted by atomic mass is 10.1. The SMILES string of the molecule is COc1cccc(CC(C)NC(=O)/C=C/c2ccc(F)cc2)c1. The van der Waals surface area contributed by atoms with Gasteiger partial charge in [-0.25, -0.2) is 4.39 Å². The lowest BCUT2D eigenvalue weighted by Gasteiger charge is -2.13. The van der Waals surface area contributed by atoms with E-state index in [0.29, 0.717) is 6.42 Å². The zero-order valence-electron chi connectivity index (χ0n) is 13.3. The normalized spacial score (nSPS) is 12.1. The van der Waals surface area contributed by atoms with Gasteiger partial charge in [0.1, 0.15) is 11.6 Å². The molecule has 0 saturated heterocycles. The Morgan fingerprint density at radius 1 is 1.26 bits per heavy atom. The molecule has 4 heteroatoms. The maximum atomic E-state index is 12.8. The molecule has 0 aliphatic heterocycles.